The van der Waals surface area contributed by atoms with Crippen LogP contribution in [0.5, 0.6) is 0 Å². The Morgan fingerprint density at radius 2 is 2.00 bits per heavy atom. The molecule has 1 aromatic carbocycles. The van der Waals surface area contributed by atoms with E-state index in [2.05, 4.69) is 10.3 Å². The minimum atomic E-state index is -0.510. The summed E-state index contributed by atoms with van der Waals surface area (Å²) in [6, 6.07) is 11.9. The molecule has 22 heavy (non-hydrogen) atoms. The molecule has 0 spiro atoms. The van der Waals surface area contributed by atoms with Crippen molar-refractivity contribution in [2.24, 2.45) is 5.73 Å². The van der Waals surface area contributed by atoms with Gasteiger partial charge in [0.1, 0.15) is 5.60 Å². The lowest BCUT2D eigenvalue weighted by Gasteiger charge is -2.21. The van der Waals surface area contributed by atoms with Gasteiger partial charge in [-0.15, -0.1) is 0 Å². The second-order valence-electron chi connectivity index (χ2n) is 6.24. The van der Waals surface area contributed by atoms with Crippen molar-refractivity contribution in [1.29, 1.82) is 0 Å². The van der Waals surface area contributed by atoms with Crippen molar-refractivity contribution >= 4 is 17.0 Å². The largest absolute Gasteiger partial charge is 0.444 e. The monoisotopic (exact) mass is 301 g/mol. The summed E-state index contributed by atoms with van der Waals surface area (Å²) in [6.45, 7) is 6.30. The number of amides is 1. The zero-order valence-electron chi connectivity index (χ0n) is 13.3. The van der Waals surface area contributed by atoms with E-state index in [1.165, 1.54) is 0 Å². The number of nitrogens with zero attached hydrogens (tertiary/aromatic N) is 1. The van der Waals surface area contributed by atoms with E-state index in [1.54, 1.807) is 0 Å². The first-order valence-corrected chi connectivity index (χ1v) is 7.41. The third-order valence-electron chi connectivity index (χ3n) is 3.21. The first-order valence-electron chi connectivity index (χ1n) is 7.41. The normalized spacial score (nSPS) is 12.9. The molecule has 2 aromatic rings. The topological polar surface area (TPSA) is 77.2 Å². The molecule has 118 valence electrons. The van der Waals surface area contributed by atoms with Gasteiger partial charge in [-0.05, 0) is 32.9 Å². The number of carbonyl (C=O) groups is 1. The number of pyridine rings is 1. The molecule has 1 aromatic heterocycles. The van der Waals surface area contributed by atoms with E-state index in [4.69, 9.17) is 10.5 Å². The summed E-state index contributed by atoms with van der Waals surface area (Å²) < 4.78 is 5.23. The fourth-order valence-electron chi connectivity index (χ4n) is 2.14. The number of alkyl carbamates (subject to hydrolysis) is 1. The molecule has 3 N–H and O–H groups in total. The van der Waals surface area contributed by atoms with Gasteiger partial charge >= 0.3 is 6.09 Å². The van der Waals surface area contributed by atoms with Crippen molar-refractivity contribution < 1.29 is 9.53 Å². The second kappa shape index (κ2) is 6.75. The van der Waals surface area contributed by atoms with E-state index in [0.717, 1.165) is 16.6 Å². The maximum Gasteiger partial charge on any atom is 0.407 e. The van der Waals surface area contributed by atoms with Crippen LogP contribution >= 0.6 is 0 Å². The van der Waals surface area contributed by atoms with Gasteiger partial charge in [0.15, 0.2) is 0 Å². The smallest absolute Gasteiger partial charge is 0.407 e. The molecule has 0 radical (unpaired) electrons. The van der Waals surface area contributed by atoms with Crippen LogP contribution < -0.4 is 11.1 Å². The first kappa shape index (κ1) is 16.2. The molecule has 0 saturated heterocycles. The number of carbonyl (C=O) groups excluding carboxylic acids is 1. The number of fused-ring (bicyclic) bond motifs is 1. The number of nitrogens with one attached hydrogen (secondary N) is 1. The predicted octanol–water partition coefficient (Wildman–Crippen LogP) is 2.80. The Bertz CT molecular complexity index is 650. The molecule has 2 rings (SSSR count). The van der Waals surface area contributed by atoms with Crippen LogP contribution in [-0.2, 0) is 4.74 Å². The van der Waals surface area contributed by atoms with E-state index < -0.39 is 11.7 Å². The highest BCUT2D eigenvalue weighted by atomic mass is 16.6. The molecule has 5 nitrogen and oxygen atoms in total. The first-order chi connectivity index (χ1) is 10.4. The van der Waals surface area contributed by atoms with Gasteiger partial charge in [0.25, 0.3) is 0 Å². The molecular weight excluding hydrogens is 278 g/mol. The Labute approximate surface area is 130 Å². The third kappa shape index (κ3) is 4.43. The molecule has 1 amide bonds. The van der Waals surface area contributed by atoms with Crippen LogP contribution in [0.15, 0.2) is 36.4 Å². The van der Waals surface area contributed by atoms with Crippen LogP contribution in [0.3, 0.4) is 0 Å². The maximum absolute atomic E-state index is 11.7. The van der Waals surface area contributed by atoms with Gasteiger partial charge in [0.2, 0.25) is 0 Å². The molecule has 0 aliphatic heterocycles. The predicted molar refractivity (Wildman–Crippen MR) is 87.8 cm³/mol. The highest BCUT2D eigenvalue weighted by molar-refractivity contribution is 5.78. The summed E-state index contributed by atoms with van der Waals surface area (Å²) >= 11 is 0. The van der Waals surface area contributed by atoms with Crippen LogP contribution in [0.2, 0.25) is 0 Å². The zero-order valence-corrected chi connectivity index (χ0v) is 13.3. The minimum Gasteiger partial charge on any atom is -0.444 e. The Kier molecular flexibility index (Phi) is 4.98. The van der Waals surface area contributed by atoms with Crippen molar-refractivity contribution in [3.63, 3.8) is 0 Å². The third-order valence-corrected chi connectivity index (χ3v) is 3.21. The molecule has 1 unspecified atom stereocenters. The highest BCUT2D eigenvalue weighted by Crippen LogP contribution is 2.17. The Hall–Kier alpha value is -2.14. The van der Waals surface area contributed by atoms with Crippen LogP contribution in [0.1, 0.15) is 32.4 Å². The fourth-order valence-corrected chi connectivity index (χ4v) is 2.14. The molecule has 1 heterocycles. The Morgan fingerprint density at radius 1 is 1.27 bits per heavy atom. The number of ether oxygens (including phenoxy) is 1. The van der Waals surface area contributed by atoms with Crippen LogP contribution in [0, 0.1) is 0 Å². The van der Waals surface area contributed by atoms with Gasteiger partial charge in [-0.1, -0.05) is 24.3 Å². The number of para-hydroxylation sites is 1. The van der Waals surface area contributed by atoms with Crippen molar-refractivity contribution in [2.45, 2.75) is 32.3 Å². The maximum atomic E-state index is 11.7. The average Bonchev–Trinajstić information content (AvgIpc) is 2.46. The van der Waals surface area contributed by atoms with Crippen molar-refractivity contribution in [3.05, 3.63) is 42.1 Å². The van der Waals surface area contributed by atoms with Crippen molar-refractivity contribution in [3.8, 4) is 0 Å². The fraction of sp³-hybridized carbons (Fsp3) is 0.412. The highest BCUT2D eigenvalue weighted by Gasteiger charge is 2.18. The SMILES string of the molecule is CC(C)(C)OC(=O)NCC(CN)c1ccc2ccccc2n1. The van der Waals surface area contributed by atoms with Crippen LogP contribution in [0.25, 0.3) is 10.9 Å². The number of aromatic nitrogens is 1. The van der Waals surface area contributed by atoms with Crippen LogP contribution in [0.4, 0.5) is 4.79 Å². The van der Waals surface area contributed by atoms with E-state index >= 15 is 0 Å². The van der Waals surface area contributed by atoms with E-state index in [1.807, 2.05) is 57.2 Å². The standard InChI is InChI=1S/C17H23N3O2/c1-17(2,3)22-16(21)19-11-13(10-18)15-9-8-12-6-4-5-7-14(12)20-15/h4-9,13H,10-11,18H2,1-3H3,(H,19,21). The molecule has 5 heteroatoms. The second-order valence-corrected chi connectivity index (χ2v) is 6.24. The summed E-state index contributed by atoms with van der Waals surface area (Å²) in [5.41, 5.74) is 7.12. The Morgan fingerprint density at radius 3 is 2.68 bits per heavy atom. The average molecular weight is 301 g/mol. The molecular formula is C17H23N3O2. The zero-order chi connectivity index (χ0) is 16.2. The number of hydrogen-bond acceptors (Lipinski definition) is 4. The number of hydrogen-bond donors (Lipinski definition) is 2. The van der Waals surface area contributed by atoms with Crippen molar-refractivity contribution in [1.82, 2.24) is 10.3 Å². The molecule has 0 aliphatic rings. The summed E-state index contributed by atoms with van der Waals surface area (Å²) in [7, 11) is 0. The van der Waals surface area contributed by atoms with E-state index in [9.17, 15) is 4.79 Å². The van der Waals surface area contributed by atoms with Gasteiger partial charge in [0.05, 0.1) is 5.52 Å². The van der Waals surface area contributed by atoms with Crippen molar-refractivity contribution in [2.75, 3.05) is 13.1 Å². The summed E-state index contributed by atoms with van der Waals surface area (Å²) in [4.78, 5) is 16.4. The Balaban J connectivity index is 2.05. The molecule has 0 aliphatic carbocycles. The lowest BCUT2D eigenvalue weighted by atomic mass is 10.0. The molecule has 0 fully saturated rings. The van der Waals surface area contributed by atoms with Crippen LogP contribution in [-0.4, -0.2) is 29.8 Å². The molecule has 0 bridgehead atoms. The minimum absolute atomic E-state index is 0.0443. The van der Waals surface area contributed by atoms with Gasteiger partial charge in [0, 0.05) is 30.1 Å². The van der Waals surface area contributed by atoms with E-state index in [0.29, 0.717) is 13.1 Å². The van der Waals surface area contributed by atoms with Gasteiger partial charge in [-0.3, -0.25) is 4.98 Å². The number of nitrogens with two attached hydrogens (primary N) is 1. The van der Waals surface area contributed by atoms with Gasteiger partial charge in [-0.25, -0.2) is 4.79 Å². The summed E-state index contributed by atoms with van der Waals surface area (Å²) in [6.07, 6.45) is -0.438. The lowest BCUT2D eigenvalue weighted by Crippen LogP contribution is -2.36. The molecule has 0 saturated carbocycles. The van der Waals surface area contributed by atoms with Gasteiger partial charge in [-0.2, -0.15) is 0 Å². The molecule has 1 atom stereocenters. The number of rotatable bonds is 4. The van der Waals surface area contributed by atoms with E-state index in [-0.39, 0.29) is 5.92 Å². The quantitative estimate of drug-likeness (QED) is 0.910. The van der Waals surface area contributed by atoms with Gasteiger partial charge < -0.3 is 15.8 Å². The lowest BCUT2D eigenvalue weighted by molar-refractivity contribution is 0.0524. The summed E-state index contributed by atoms with van der Waals surface area (Å²) in [5, 5.41) is 3.84. The number of benzene rings is 1. The summed E-state index contributed by atoms with van der Waals surface area (Å²) in [5.74, 6) is -0.0443.